The highest BCUT2D eigenvalue weighted by Gasteiger charge is 2.07. The van der Waals surface area contributed by atoms with Crippen LogP contribution < -0.4 is 5.32 Å². The van der Waals surface area contributed by atoms with E-state index in [1.807, 2.05) is 30.3 Å². The molecular formula is C16H17NO. The molecule has 0 saturated carbocycles. The largest absolute Gasteiger partial charge is 0.355 e. The smallest absolute Gasteiger partial charge is 0.161 e. The number of hydrogen-bond donors (Lipinski definition) is 1. The van der Waals surface area contributed by atoms with Crippen molar-refractivity contribution in [1.82, 2.24) is 0 Å². The minimum Gasteiger partial charge on any atom is -0.355 e. The molecule has 0 radical (unpaired) electrons. The van der Waals surface area contributed by atoms with Crippen molar-refractivity contribution in [3.05, 3.63) is 59.2 Å². The maximum atomic E-state index is 11.6. The van der Waals surface area contributed by atoms with Crippen molar-refractivity contribution >= 4 is 17.2 Å². The van der Waals surface area contributed by atoms with Crippen molar-refractivity contribution in [3.8, 4) is 0 Å². The fourth-order valence-electron chi connectivity index (χ4n) is 2.00. The molecule has 0 aromatic heterocycles. The molecule has 0 fully saturated rings. The molecule has 18 heavy (non-hydrogen) atoms. The molecule has 2 aromatic rings. The van der Waals surface area contributed by atoms with Gasteiger partial charge in [-0.2, -0.15) is 0 Å². The van der Waals surface area contributed by atoms with Gasteiger partial charge in [0.25, 0.3) is 0 Å². The second-order valence-corrected chi connectivity index (χ2v) is 4.55. The van der Waals surface area contributed by atoms with Gasteiger partial charge in [-0.05, 0) is 44.5 Å². The molecule has 0 spiro atoms. The van der Waals surface area contributed by atoms with Gasteiger partial charge >= 0.3 is 0 Å². The van der Waals surface area contributed by atoms with E-state index in [2.05, 4.69) is 31.3 Å². The van der Waals surface area contributed by atoms with Crippen LogP contribution in [0.3, 0.4) is 0 Å². The quantitative estimate of drug-likeness (QED) is 0.811. The number of carbonyl (C=O) groups excluding carboxylic acids is 1. The van der Waals surface area contributed by atoms with Crippen LogP contribution in [-0.4, -0.2) is 5.78 Å². The van der Waals surface area contributed by atoms with Gasteiger partial charge in [0.2, 0.25) is 0 Å². The van der Waals surface area contributed by atoms with Crippen LogP contribution in [-0.2, 0) is 0 Å². The van der Waals surface area contributed by atoms with E-state index in [4.69, 9.17) is 0 Å². The van der Waals surface area contributed by atoms with Crippen LogP contribution in [0.2, 0.25) is 0 Å². The van der Waals surface area contributed by atoms with E-state index in [0.717, 1.165) is 16.9 Å². The molecule has 0 aliphatic carbocycles. The van der Waals surface area contributed by atoms with E-state index < -0.39 is 0 Å². The Morgan fingerprint density at radius 2 is 1.72 bits per heavy atom. The average Bonchev–Trinajstić information content (AvgIpc) is 2.33. The van der Waals surface area contributed by atoms with Gasteiger partial charge in [0.1, 0.15) is 0 Å². The molecule has 2 aromatic carbocycles. The summed E-state index contributed by atoms with van der Waals surface area (Å²) < 4.78 is 0. The highest BCUT2D eigenvalue weighted by Crippen LogP contribution is 2.24. The number of nitrogens with one attached hydrogen (secondary N) is 1. The Labute approximate surface area is 108 Å². The lowest BCUT2D eigenvalue weighted by atomic mass is 10.1. The minimum absolute atomic E-state index is 0.0721. The molecule has 0 bridgehead atoms. The summed E-state index contributed by atoms with van der Waals surface area (Å²) in [6, 6.07) is 13.8. The van der Waals surface area contributed by atoms with E-state index in [-0.39, 0.29) is 5.78 Å². The lowest BCUT2D eigenvalue weighted by Crippen LogP contribution is -2.01. The summed E-state index contributed by atoms with van der Waals surface area (Å²) in [5.74, 6) is 0.0721. The zero-order valence-corrected chi connectivity index (χ0v) is 10.9. The van der Waals surface area contributed by atoms with Gasteiger partial charge in [-0.25, -0.2) is 0 Å². The van der Waals surface area contributed by atoms with Crippen molar-refractivity contribution in [2.24, 2.45) is 0 Å². The summed E-state index contributed by atoms with van der Waals surface area (Å²) in [6.07, 6.45) is 0. The first-order chi connectivity index (χ1) is 8.58. The number of anilines is 2. The summed E-state index contributed by atoms with van der Waals surface area (Å²) in [5, 5.41) is 3.33. The number of benzene rings is 2. The molecule has 0 amide bonds. The molecule has 0 saturated heterocycles. The lowest BCUT2D eigenvalue weighted by Gasteiger charge is -2.12. The Morgan fingerprint density at radius 1 is 1.00 bits per heavy atom. The van der Waals surface area contributed by atoms with Crippen molar-refractivity contribution in [3.63, 3.8) is 0 Å². The van der Waals surface area contributed by atoms with Gasteiger partial charge < -0.3 is 5.32 Å². The van der Waals surface area contributed by atoms with Crippen LogP contribution >= 0.6 is 0 Å². The van der Waals surface area contributed by atoms with Crippen LogP contribution in [0.25, 0.3) is 0 Å². The number of carbonyl (C=O) groups is 1. The van der Waals surface area contributed by atoms with Crippen LogP contribution in [0, 0.1) is 13.8 Å². The zero-order valence-electron chi connectivity index (χ0n) is 10.9. The van der Waals surface area contributed by atoms with Crippen LogP contribution in [0.1, 0.15) is 28.4 Å². The van der Waals surface area contributed by atoms with E-state index in [0.29, 0.717) is 0 Å². The molecule has 0 atom stereocenters. The highest BCUT2D eigenvalue weighted by molar-refractivity contribution is 6.00. The Kier molecular flexibility index (Phi) is 3.47. The van der Waals surface area contributed by atoms with E-state index >= 15 is 0 Å². The van der Waals surface area contributed by atoms with Gasteiger partial charge in [-0.3, -0.25) is 4.79 Å². The maximum absolute atomic E-state index is 11.6. The predicted molar refractivity (Wildman–Crippen MR) is 75.6 cm³/mol. The van der Waals surface area contributed by atoms with Gasteiger partial charge in [0.05, 0.1) is 0 Å². The van der Waals surface area contributed by atoms with E-state index in [1.165, 1.54) is 11.1 Å². The molecule has 0 heterocycles. The minimum atomic E-state index is 0.0721. The first-order valence-electron chi connectivity index (χ1n) is 6.02. The number of aryl methyl sites for hydroxylation is 2. The summed E-state index contributed by atoms with van der Waals surface area (Å²) in [5.41, 5.74) is 5.02. The Hall–Kier alpha value is -2.09. The average molecular weight is 239 g/mol. The third-order valence-corrected chi connectivity index (χ3v) is 2.96. The van der Waals surface area contributed by atoms with E-state index in [9.17, 15) is 4.79 Å². The van der Waals surface area contributed by atoms with Gasteiger partial charge in [0.15, 0.2) is 5.78 Å². The topological polar surface area (TPSA) is 29.1 Å². The normalized spacial score (nSPS) is 10.2. The Balaban J connectivity index is 2.37. The Morgan fingerprint density at radius 3 is 2.39 bits per heavy atom. The number of ketones is 1. The first-order valence-corrected chi connectivity index (χ1v) is 6.02. The Bertz CT molecular complexity index is 587. The van der Waals surface area contributed by atoms with Gasteiger partial charge in [-0.15, -0.1) is 0 Å². The number of para-hydroxylation sites is 1. The predicted octanol–water partition coefficient (Wildman–Crippen LogP) is 4.25. The molecule has 92 valence electrons. The maximum Gasteiger partial charge on any atom is 0.161 e. The van der Waals surface area contributed by atoms with Crippen molar-refractivity contribution in [2.45, 2.75) is 20.8 Å². The lowest BCUT2D eigenvalue weighted by molar-refractivity contribution is 0.101. The zero-order chi connectivity index (χ0) is 13.1. The van der Waals surface area contributed by atoms with Gasteiger partial charge in [0, 0.05) is 16.9 Å². The summed E-state index contributed by atoms with van der Waals surface area (Å²) >= 11 is 0. The van der Waals surface area contributed by atoms with Crippen LogP contribution in [0.15, 0.2) is 42.5 Å². The summed E-state index contributed by atoms with van der Waals surface area (Å²) in [6.45, 7) is 5.72. The number of hydrogen-bond acceptors (Lipinski definition) is 2. The molecule has 1 N–H and O–H groups in total. The second kappa shape index (κ2) is 5.05. The SMILES string of the molecule is CC(=O)c1ccccc1Nc1ccc(C)cc1C. The monoisotopic (exact) mass is 239 g/mol. The van der Waals surface area contributed by atoms with Crippen LogP contribution in [0.5, 0.6) is 0 Å². The first kappa shape index (κ1) is 12.4. The number of Topliss-reactive ketones (excluding diaryl/α,β-unsaturated/α-hetero) is 1. The van der Waals surface area contributed by atoms with Crippen molar-refractivity contribution < 1.29 is 4.79 Å². The fraction of sp³-hybridized carbons (Fsp3) is 0.188. The standard InChI is InChI=1S/C16H17NO/c1-11-8-9-15(12(2)10-11)17-16-7-5-4-6-14(16)13(3)18/h4-10,17H,1-3H3. The molecular weight excluding hydrogens is 222 g/mol. The number of rotatable bonds is 3. The molecule has 2 heteroatoms. The van der Waals surface area contributed by atoms with Crippen molar-refractivity contribution in [1.29, 1.82) is 0 Å². The van der Waals surface area contributed by atoms with Crippen molar-refractivity contribution in [2.75, 3.05) is 5.32 Å². The molecule has 2 rings (SSSR count). The third-order valence-electron chi connectivity index (χ3n) is 2.96. The van der Waals surface area contributed by atoms with Crippen LogP contribution in [0.4, 0.5) is 11.4 Å². The summed E-state index contributed by atoms with van der Waals surface area (Å²) in [4.78, 5) is 11.6. The fourth-order valence-corrected chi connectivity index (χ4v) is 2.00. The molecule has 0 unspecified atom stereocenters. The third kappa shape index (κ3) is 2.59. The molecule has 0 aliphatic heterocycles. The molecule has 0 aliphatic rings. The highest BCUT2D eigenvalue weighted by atomic mass is 16.1. The second-order valence-electron chi connectivity index (χ2n) is 4.55. The van der Waals surface area contributed by atoms with Gasteiger partial charge in [-0.1, -0.05) is 29.8 Å². The summed E-state index contributed by atoms with van der Waals surface area (Å²) in [7, 11) is 0. The van der Waals surface area contributed by atoms with E-state index in [1.54, 1.807) is 6.92 Å². The molecule has 2 nitrogen and oxygen atoms in total.